The third-order valence-electron chi connectivity index (χ3n) is 3.17. The van der Waals surface area contributed by atoms with Crippen molar-refractivity contribution in [2.24, 2.45) is 4.99 Å². The average molecular weight is 281 g/mol. The molecule has 0 saturated carbocycles. The second-order valence-electron chi connectivity index (χ2n) is 4.72. The van der Waals surface area contributed by atoms with Crippen LogP contribution in [0, 0.1) is 0 Å². The molecule has 0 aliphatic carbocycles. The van der Waals surface area contributed by atoms with Gasteiger partial charge in [0.2, 0.25) is 5.90 Å². The van der Waals surface area contributed by atoms with E-state index < -0.39 is 6.04 Å². The monoisotopic (exact) mass is 281 g/mol. The van der Waals surface area contributed by atoms with Crippen LogP contribution in [0.4, 0.5) is 0 Å². The molecule has 106 valence electrons. The van der Waals surface area contributed by atoms with Crippen LogP contribution in [0.5, 0.6) is 0 Å². The molecule has 21 heavy (non-hydrogen) atoms. The van der Waals surface area contributed by atoms with Crippen LogP contribution in [0.25, 0.3) is 0 Å². The van der Waals surface area contributed by atoms with Crippen LogP contribution >= 0.6 is 0 Å². The quantitative estimate of drug-likeness (QED) is 0.809. The number of nitrogens with zero attached hydrogens (tertiary/aromatic N) is 1. The lowest BCUT2D eigenvalue weighted by Crippen LogP contribution is -2.22. The van der Waals surface area contributed by atoms with Gasteiger partial charge in [0, 0.05) is 5.56 Å². The minimum absolute atomic E-state index is 0.234. The Labute approximate surface area is 123 Å². The number of carbonyl (C=O) groups is 1. The Hall–Kier alpha value is -2.62. The Bertz CT molecular complexity index is 638. The maximum Gasteiger partial charge on any atom is 0.334 e. The van der Waals surface area contributed by atoms with Crippen LogP contribution in [-0.2, 0) is 20.9 Å². The van der Waals surface area contributed by atoms with Crippen molar-refractivity contribution in [2.75, 3.05) is 6.61 Å². The molecule has 0 bridgehead atoms. The number of hydrogen-bond donors (Lipinski definition) is 0. The van der Waals surface area contributed by atoms with Gasteiger partial charge in [0.25, 0.3) is 0 Å². The van der Waals surface area contributed by atoms with Crippen molar-refractivity contribution in [1.82, 2.24) is 0 Å². The van der Waals surface area contributed by atoms with Gasteiger partial charge in [-0.05, 0) is 17.7 Å². The van der Waals surface area contributed by atoms with Crippen molar-refractivity contribution in [3.63, 3.8) is 0 Å². The van der Waals surface area contributed by atoms with E-state index >= 15 is 0 Å². The molecule has 1 unspecified atom stereocenters. The third-order valence-corrected chi connectivity index (χ3v) is 3.17. The van der Waals surface area contributed by atoms with Gasteiger partial charge in [0.05, 0.1) is 0 Å². The lowest BCUT2D eigenvalue weighted by atomic mass is 10.2. The first-order valence-electron chi connectivity index (χ1n) is 6.79. The fourth-order valence-electron chi connectivity index (χ4n) is 2.06. The van der Waals surface area contributed by atoms with Gasteiger partial charge in [0.1, 0.15) is 13.2 Å². The Morgan fingerprint density at radius 3 is 2.48 bits per heavy atom. The van der Waals surface area contributed by atoms with E-state index in [0.29, 0.717) is 5.90 Å². The van der Waals surface area contributed by atoms with Gasteiger partial charge < -0.3 is 9.47 Å². The average Bonchev–Trinajstić information content (AvgIpc) is 3.04. The van der Waals surface area contributed by atoms with Gasteiger partial charge in [-0.3, -0.25) is 0 Å². The topological polar surface area (TPSA) is 47.9 Å². The summed E-state index contributed by atoms with van der Waals surface area (Å²) in [6, 6.07) is 18.5. The van der Waals surface area contributed by atoms with Gasteiger partial charge in [0.15, 0.2) is 6.04 Å². The number of rotatable bonds is 4. The van der Waals surface area contributed by atoms with Crippen LogP contribution in [0.15, 0.2) is 65.7 Å². The van der Waals surface area contributed by atoms with E-state index in [2.05, 4.69) is 4.99 Å². The fourth-order valence-corrected chi connectivity index (χ4v) is 2.06. The molecule has 0 radical (unpaired) electrons. The summed E-state index contributed by atoms with van der Waals surface area (Å²) in [6.07, 6.45) is 0. The molecule has 0 aromatic heterocycles. The number of aliphatic imine (C=N–C) groups is 1. The molecule has 2 aromatic carbocycles. The molecule has 1 aliphatic heterocycles. The maximum absolute atomic E-state index is 12.0. The second kappa shape index (κ2) is 6.22. The Morgan fingerprint density at radius 1 is 1.10 bits per heavy atom. The molecular formula is C17H15NO3. The molecule has 0 fully saturated rings. The zero-order valence-electron chi connectivity index (χ0n) is 11.4. The molecule has 0 N–H and O–H groups in total. The van der Waals surface area contributed by atoms with Crippen molar-refractivity contribution in [2.45, 2.75) is 12.6 Å². The standard InChI is InChI=1S/C17H15NO3/c19-17(21-11-13-7-3-1-4-8-13)15-12-20-16(18-15)14-9-5-2-6-10-14/h1-10,15H,11-12H2. The Kier molecular flexibility index (Phi) is 3.96. The van der Waals surface area contributed by atoms with E-state index in [1.165, 1.54) is 0 Å². The van der Waals surface area contributed by atoms with E-state index in [-0.39, 0.29) is 19.2 Å². The van der Waals surface area contributed by atoms with E-state index in [1.54, 1.807) is 0 Å². The lowest BCUT2D eigenvalue weighted by Gasteiger charge is -2.06. The van der Waals surface area contributed by atoms with Crippen LogP contribution in [-0.4, -0.2) is 24.5 Å². The predicted octanol–water partition coefficient (Wildman–Crippen LogP) is 2.58. The molecule has 1 heterocycles. The first-order chi connectivity index (χ1) is 10.3. The van der Waals surface area contributed by atoms with Crippen molar-refractivity contribution in [3.05, 3.63) is 71.8 Å². The zero-order valence-corrected chi connectivity index (χ0v) is 11.4. The predicted molar refractivity (Wildman–Crippen MR) is 79.0 cm³/mol. The smallest absolute Gasteiger partial charge is 0.334 e. The molecule has 0 amide bonds. The van der Waals surface area contributed by atoms with Crippen molar-refractivity contribution < 1.29 is 14.3 Å². The van der Waals surface area contributed by atoms with Crippen LogP contribution in [0.3, 0.4) is 0 Å². The van der Waals surface area contributed by atoms with Gasteiger partial charge >= 0.3 is 5.97 Å². The van der Waals surface area contributed by atoms with Gasteiger partial charge in [-0.25, -0.2) is 9.79 Å². The summed E-state index contributed by atoms with van der Waals surface area (Å²) in [5, 5.41) is 0. The minimum atomic E-state index is -0.580. The van der Waals surface area contributed by atoms with E-state index in [4.69, 9.17) is 9.47 Å². The van der Waals surface area contributed by atoms with Crippen molar-refractivity contribution in [3.8, 4) is 0 Å². The highest BCUT2D eigenvalue weighted by molar-refractivity contribution is 5.97. The highest BCUT2D eigenvalue weighted by Crippen LogP contribution is 2.13. The summed E-state index contributed by atoms with van der Waals surface area (Å²) >= 11 is 0. The maximum atomic E-state index is 12.0. The molecule has 2 aromatic rings. The highest BCUT2D eigenvalue weighted by Gasteiger charge is 2.27. The van der Waals surface area contributed by atoms with Crippen LogP contribution < -0.4 is 0 Å². The third kappa shape index (κ3) is 3.28. The summed E-state index contributed by atoms with van der Waals surface area (Å²) in [7, 11) is 0. The largest absolute Gasteiger partial charge is 0.475 e. The number of benzene rings is 2. The molecule has 1 aliphatic rings. The molecule has 1 atom stereocenters. The summed E-state index contributed by atoms with van der Waals surface area (Å²) in [6.45, 7) is 0.490. The molecule has 0 saturated heterocycles. The zero-order chi connectivity index (χ0) is 14.5. The lowest BCUT2D eigenvalue weighted by molar-refractivity contribution is -0.146. The van der Waals surface area contributed by atoms with Crippen LogP contribution in [0.1, 0.15) is 11.1 Å². The Balaban J connectivity index is 1.60. The van der Waals surface area contributed by atoms with Crippen molar-refractivity contribution in [1.29, 1.82) is 0 Å². The normalized spacial score (nSPS) is 17.0. The molecule has 0 spiro atoms. The summed E-state index contributed by atoms with van der Waals surface area (Å²) in [5.74, 6) is 0.141. The van der Waals surface area contributed by atoms with E-state index in [0.717, 1.165) is 11.1 Å². The molecule has 3 rings (SSSR count). The van der Waals surface area contributed by atoms with Crippen molar-refractivity contribution >= 4 is 11.9 Å². The first kappa shape index (κ1) is 13.4. The highest BCUT2D eigenvalue weighted by atomic mass is 16.5. The summed E-state index contributed by atoms with van der Waals surface area (Å²) in [4.78, 5) is 16.3. The number of ether oxygens (including phenoxy) is 2. The van der Waals surface area contributed by atoms with Crippen LogP contribution in [0.2, 0.25) is 0 Å². The number of esters is 1. The first-order valence-corrected chi connectivity index (χ1v) is 6.79. The Morgan fingerprint density at radius 2 is 1.76 bits per heavy atom. The van der Waals surface area contributed by atoms with Gasteiger partial charge in [-0.2, -0.15) is 0 Å². The molecule has 4 nitrogen and oxygen atoms in total. The molecular weight excluding hydrogens is 266 g/mol. The minimum Gasteiger partial charge on any atom is -0.475 e. The van der Waals surface area contributed by atoms with Gasteiger partial charge in [-0.15, -0.1) is 0 Å². The van der Waals surface area contributed by atoms with E-state index in [1.807, 2.05) is 60.7 Å². The second-order valence-corrected chi connectivity index (χ2v) is 4.72. The number of carbonyl (C=O) groups excluding carboxylic acids is 1. The summed E-state index contributed by atoms with van der Waals surface area (Å²) < 4.78 is 10.7. The SMILES string of the molecule is O=C(OCc1ccccc1)C1COC(c2ccccc2)=N1. The fraction of sp³-hybridized carbons (Fsp3) is 0.176. The van der Waals surface area contributed by atoms with Gasteiger partial charge in [-0.1, -0.05) is 48.5 Å². The number of hydrogen-bond acceptors (Lipinski definition) is 4. The van der Waals surface area contributed by atoms with E-state index in [9.17, 15) is 4.79 Å². The summed E-state index contributed by atoms with van der Waals surface area (Å²) in [5.41, 5.74) is 1.83. The molecule has 4 heteroatoms.